The van der Waals surface area contributed by atoms with E-state index in [4.69, 9.17) is 12.2 Å². The molecule has 1 aliphatic heterocycles. The van der Waals surface area contributed by atoms with Gasteiger partial charge in [0, 0.05) is 24.3 Å². The van der Waals surface area contributed by atoms with E-state index < -0.39 is 0 Å². The molecule has 1 saturated carbocycles. The van der Waals surface area contributed by atoms with Gasteiger partial charge in [0.1, 0.15) is 0 Å². The summed E-state index contributed by atoms with van der Waals surface area (Å²) >= 11 is 5.66. The fourth-order valence-corrected chi connectivity index (χ4v) is 5.01. The standard InChI is InChI=1S/C25H31N3OS/c1-19-7-11-21(12-8-19)25(15-3-4-16-25)27-24(30)26-22-13-9-20(10-14-22)23(29)28-17-5-2-6-18-28/h7-14H,2-6,15-18H2,1H3,(H2,26,27,30). The van der Waals surface area contributed by atoms with Crippen LogP contribution in [0.4, 0.5) is 5.69 Å². The van der Waals surface area contributed by atoms with Gasteiger partial charge in [0.05, 0.1) is 5.54 Å². The molecule has 0 bridgehead atoms. The molecular formula is C25H31N3OS. The van der Waals surface area contributed by atoms with E-state index in [-0.39, 0.29) is 11.4 Å². The van der Waals surface area contributed by atoms with E-state index in [1.807, 2.05) is 29.2 Å². The maximum atomic E-state index is 12.7. The first-order valence-electron chi connectivity index (χ1n) is 11.1. The summed E-state index contributed by atoms with van der Waals surface area (Å²) in [6.07, 6.45) is 8.01. The molecule has 4 nitrogen and oxygen atoms in total. The van der Waals surface area contributed by atoms with Gasteiger partial charge < -0.3 is 15.5 Å². The Morgan fingerprint density at radius 1 is 0.900 bits per heavy atom. The molecule has 1 saturated heterocycles. The lowest BCUT2D eigenvalue weighted by atomic mass is 9.88. The third-order valence-electron chi connectivity index (χ3n) is 6.45. The Morgan fingerprint density at radius 3 is 2.17 bits per heavy atom. The number of likely N-dealkylation sites (tertiary alicyclic amines) is 1. The molecule has 1 aliphatic carbocycles. The Bertz CT molecular complexity index is 880. The van der Waals surface area contributed by atoms with Crippen molar-refractivity contribution in [1.82, 2.24) is 10.2 Å². The second kappa shape index (κ2) is 9.17. The van der Waals surface area contributed by atoms with Gasteiger partial charge in [-0.25, -0.2) is 0 Å². The van der Waals surface area contributed by atoms with Crippen molar-refractivity contribution >= 4 is 28.9 Å². The first-order chi connectivity index (χ1) is 14.6. The van der Waals surface area contributed by atoms with Gasteiger partial charge in [0.25, 0.3) is 5.91 Å². The van der Waals surface area contributed by atoms with Crippen LogP contribution in [0.5, 0.6) is 0 Å². The highest BCUT2D eigenvalue weighted by Gasteiger charge is 2.36. The number of carbonyl (C=O) groups is 1. The molecular weight excluding hydrogens is 390 g/mol. The molecule has 2 aromatic rings. The summed E-state index contributed by atoms with van der Waals surface area (Å²) < 4.78 is 0. The number of carbonyl (C=O) groups excluding carboxylic acids is 1. The van der Waals surface area contributed by atoms with Crippen LogP contribution in [-0.4, -0.2) is 29.0 Å². The monoisotopic (exact) mass is 421 g/mol. The summed E-state index contributed by atoms with van der Waals surface area (Å²) in [5.41, 5.74) is 4.12. The minimum absolute atomic E-state index is 0.0953. The van der Waals surface area contributed by atoms with Gasteiger partial charge in [0.15, 0.2) is 5.11 Å². The molecule has 1 heterocycles. The lowest BCUT2D eigenvalue weighted by Gasteiger charge is -2.32. The van der Waals surface area contributed by atoms with E-state index in [0.717, 1.165) is 50.0 Å². The zero-order valence-electron chi connectivity index (χ0n) is 17.7. The SMILES string of the molecule is Cc1ccc(C2(NC(=S)Nc3ccc(C(=O)N4CCCCC4)cc3)CCCC2)cc1. The zero-order valence-corrected chi connectivity index (χ0v) is 18.6. The Hall–Kier alpha value is -2.40. The maximum absolute atomic E-state index is 12.7. The molecule has 2 aliphatic rings. The summed E-state index contributed by atoms with van der Waals surface area (Å²) in [6.45, 7) is 3.85. The number of nitrogens with one attached hydrogen (secondary N) is 2. The first kappa shape index (κ1) is 20.9. The van der Waals surface area contributed by atoms with Crippen molar-refractivity contribution < 1.29 is 4.79 Å². The van der Waals surface area contributed by atoms with E-state index >= 15 is 0 Å². The highest BCUT2D eigenvalue weighted by atomic mass is 32.1. The predicted molar refractivity (Wildman–Crippen MR) is 127 cm³/mol. The number of amides is 1. The van der Waals surface area contributed by atoms with Crippen molar-refractivity contribution in [2.24, 2.45) is 0 Å². The molecule has 0 aromatic heterocycles. The van der Waals surface area contributed by atoms with Crippen LogP contribution in [0.25, 0.3) is 0 Å². The van der Waals surface area contributed by atoms with Crippen LogP contribution in [0.3, 0.4) is 0 Å². The molecule has 0 spiro atoms. The highest BCUT2D eigenvalue weighted by molar-refractivity contribution is 7.80. The topological polar surface area (TPSA) is 44.4 Å². The molecule has 0 radical (unpaired) electrons. The van der Waals surface area contributed by atoms with Crippen LogP contribution in [-0.2, 0) is 5.54 Å². The van der Waals surface area contributed by atoms with Crippen LogP contribution in [0, 0.1) is 6.92 Å². The molecule has 1 amide bonds. The molecule has 2 aromatic carbocycles. The molecule has 5 heteroatoms. The Morgan fingerprint density at radius 2 is 1.53 bits per heavy atom. The highest BCUT2D eigenvalue weighted by Crippen LogP contribution is 2.39. The molecule has 0 atom stereocenters. The number of benzene rings is 2. The predicted octanol–water partition coefficient (Wildman–Crippen LogP) is 5.38. The molecule has 4 rings (SSSR count). The van der Waals surface area contributed by atoms with E-state index in [1.165, 1.54) is 30.4 Å². The number of nitrogens with zero attached hydrogens (tertiary/aromatic N) is 1. The number of rotatable bonds is 4. The van der Waals surface area contributed by atoms with Gasteiger partial charge in [-0.3, -0.25) is 4.79 Å². The number of piperidine rings is 1. The summed E-state index contributed by atoms with van der Waals surface area (Å²) in [5.74, 6) is 0.131. The van der Waals surface area contributed by atoms with Gasteiger partial charge >= 0.3 is 0 Å². The zero-order chi connectivity index (χ0) is 21.0. The number of aryl methyl sites for hydroxylation is 1. The van der Waals surface area contributed by atoms with Gasteiger partial charge in [-0.2, -0.15) is 0 Å². The average Bonchev–Trinajstić information content (AvgIpc) is 3.24. The number of anilines is 1. The second-order valence-electron chi connectivity index (χ2n) is 8.66. The number of thiocarbonyl (C=S) groups is 1. The fraction of sp³-hybridized carbons (Fsp3) is 0.440. The van der Waals surface area contributed by atoms with Crippen LogP contribution < -0.4 is 10.6 Å². The smallest absolute Gasteiger partial charge is 0.253 e. The largest absolute Gasteiger partial charge is 0.353 e. The van der Waals surface area contributed by atoms with Crippen LogP contribution in [0.1, 0.15) is 66.4 Å². The van der Waals surface area contributed by atoms with Gasteiger partial charge in [-0.15, -0.1) is 0 Å². The van der Waals surface area contributed by atoms with E-state index in [0.29, 0.717) is 5.11 Å². The molecule has 2 fully saturated rings. The Balaban J connectivity index is 1.40. The quantitative estimate of drug-likeness (QED) is 0.651. The third-order valence-corrected chi connectivity index (χ3v) is 6.65. The minimum atomic E-state index is -0.0953. The maximum Gasteiger partial charge on any atom is 0.253 e. The van der Waals surface area contributed by atoms with Gasteiger partial charge in [-0.05, 0) is 81.1 Å². The van der Waals surface area contributed by atoms with Crippen molar-refractivity contribution in [2.75, 3.05) is 18.4 Å². The molecule has 158 valence electrons. The lowest BCUT2D eigenvalue weighted by molar-refractivity contribution is 0.0724. The van der Waals surface area contributed by atoms with E-state index in [1.54, 1.807) is 0 Å². The van der Waals surface area contributed by atoms with E-state index in [9.17, 15) is 4.79 Å². The van der Waals surface area contributed by atoms with Crippen molar-refractivity contribution in [3.63, 3.8) is 0 Å². The Kier molecular flexibility index (Phi) is 6.38. The van der Waals surface area contributed by atoms with Crippen LogP contribution >= 0.6 is 12.2 Å². The number of hydrogen-bond donors (Lipinski definition) is 2. The average molecular weight is 422 g/mol. The van der Waals surface area contributed by atoms with Gasteiger partial charge in [-0.1, -0.05) is 42.7 Å². The van der Waals surface area contributed by atoms with Crippen molar-refractivity contribution in [2.45, 2.75) is 57.4 Å². The van der Waals surface area contributed by atoms with Gasteiger partial charge in [0.2, 0.25) is 0 Å². The first-order valence-corrected chi connectivity index (χ1v) is 11.5. The van der Waals surface area contributed by atoms with Crippen LogP contribution in [0.2, 0.25) is 0 Å². The minimum Gasteiger partial charge on any atom is -0.353 e. The molecule has 30 heavy (non-hydrogen) atoms. The molecule has 2 N–H and O–H groups in total. The van der Waals surface area contributed by atoms with E-state index in [2.05, 4.69) is 41.8 Å². The van der Waals surface area contributed by atoms with Crippen molar-refractivity contribution in [3.05, 3.63) is 65.2 Å². The second-order valence-corrected chi connectivity index (χ2v) is 9.07. The molecule has 0 unspecified atom stereocenters. The summed E-state index contributed by atoms with van der Waals surface area (Å²) in [4.78, 5) is 14.6. The van der Waals surface area contributed by atoms with Crippen LogP contribution in [0.15, 0.2) is 48.5 Å². The van der Waals surface area contributed by atoms with Crippen molar-refractivity contribution in [3.8, 4) is 0 Å². The Labute approximate surface area is 185 Å². The third kappa shape index (κ3) is 4.67. The fourth-order valence-electron chi connectivity index (χ4n) is 4.69. The summed E-state index contributed by atoms with van der Waals surface area (Å²) in [5, 5.41) is 7.56. The van der Waals surface area contributed by atoms with Crippen molar-refractivity contribution in [1.29, 1.82) is 0 Å². The number of hydrogen-bond acceptors (Lipinski definition) is 2. The lowest BCUT2D eigenvalue weighted by Crippen LogP contribution is -2.45. The summed E-state index contributed by atoms with van der Waals surface area (Å²) in [6, 6.07) is 16.5. The normalized spacial score (nSPS) is 18.1. The summed E-state index contributed by atoms with van der Waals surface area (Å²) in [7, 11) is 0.